The second-order valence-corrected chi connectivity index (χ2v) is 7.78. The standard InChI is InChI=1S/C24H25N5O2/c30-23(26-20-10-11-20)19-8-6-18(7-9-19)22-12-13-25-24(27-22)29(21-4-2-1-3-5-21)28-14-16-31-17-15-28/h1-9,12-13,20H,10-11,14-17H2,(H,26,30). The van der Waals surface area contributed by atoms with Gasteiger partial charge in [0.2, 0.25) is 5.95 Å². The lowest BCUT2D eigenvalue weighted by Crippen LogP contribution is -2.47. The third-order valence-electron chi connectivity index (χ3n) is 5.46. The van der Waals surface area contributed by atoms with Gasteiger partial charge in [0.05, 0.1) is 24.6 Å². The lowest BCUT2D eigenvalue weighted by Gasteiger charge is -2.37. The number of para-hydroxylation sites is 1. The van der Waals surface area contributed by atoms with Gasteiger partial charge >= 0.3 is 0 Å². The van der Waals surface area contributed by atoms with Crippen LogP contribution >= 0.6 is 0 Å². The zero-order chi connectivity index (χ0) is 21.0. The molecule has 0 unspecified atom stereocenters. The van der Waals surface area contributed by atoms with Gasteiger partial charge in [-0.25, -0.2) is 20.0 Å². The summed E-state index contributed by atoms with van der Waals surface area (Å²) in [6.07, 6.45) is 3.94. The van der Waals surface area contributed by atoms with E-state index in [1.165, 1.54) is 0 Å². The Balaban J connectivity index is 1.43. The van der Waals surface area contributed by atoms with Crippen molar-refractivity contribution in [3.8, 4) is 11.3 Å². The summed E-state index contributed by atoms with van der Waals surface area (Å²) in [6.45, 7) is 2.89. The van der Waals surface area contributed by atoms with Crippen molar-refractivity contribution in [2.75, 3.05) is 31.3 Å². The zero-order valence-corrected chi connectivity index (χ0v) is 17.3. The monoisotopic (exact) mass is 415 g/mol. The maximum atomic E-state index is 12.3. The zero-order valence-electron chi connectivity index (χ0n) is 17.3. The second-order valence-electron chi connectivity index (χ2n) is 7.78. The molecule has 2 fully saturated rings. The number of amides is 1. The molecule has 0 spiro atoms. The average molecular weight is 415 g/mol. The first kappa shape index (κ1) is 19.7. The van der Waals surface area contributed by atoms with Crippen molar-refractivity contribution in [3.63, 3.8) is 0 Å². The van der Waals surface area contributed by atoms with Crippen molar-refractivity contribution in [2.45, 2.75) is 18.9 Å². The molecule has 3 aromatic rings. The lowest BCUT2D eigenvalue weighted by molar-refractivity contribution is 0.0371. The van der Waals surface area contributed by atoms with E-state index in [2.05, 4.69) is 32.5 Å². The Kier molecular flexibility index (Phi) is 5.60. The number of anilines is 2. The van der Waals surface area contributed by atoms with Gasteiger partial charge in [-0.05, 0) is 43.2 Å². The van der Waals surface area contributed by atoms with Crippen molar-refractivity contribution in [1.29, 1.82) is 0 Å². The summed E-state index contributed by atoms with van der Waals surface area (Å²) in [5.41, 5.74) is 3.44. The number of nitrogens with one attached hydrogen (secondary N) is 1. The Morgan fingerprint density at radius 1 is 1.00 bits per heavy atom. The maximum Gasteiger partial charge on any atom is 0.251 e. The summed E-state index contributed by atoms with van der Waals surface area (Å²) >= 11 is 0. The predicted molar refractivity (Wildman–Crippen MR) is 119 cm³/mol. The Bertz CT molecular complexity index is 1030. The molecule has 0 atom stereocenters. The number of aromatic nitrogens is 2. The maximum absolute atomic E-state index is 12.3. The average Bonchev–Trinajstić information content (AvgIpc) is 3.65. The topological polar surface area (TPSA) is 70.6 Å². The number of ether oxygens (including phenoxy) is 1. The van der Waals surface area contributed by atoms with Gasteiger partial charge in [-0.15, -0.1) is 0 Å². The minimum Gasteiger partial charge on any atom is -0.379 e. The third-order valence-corrected chi connectivity index (χ3v) is 5.46. The van der Waals surface area contributed by atoms with Crippen LogP contribution in [0.2, 0.25) is 0 Å². The van der Waals surface area contributed by atoms with Crippen LogP contribution in [0.3, 0.4) is 0 Å². The third kappa shape index (κ3) is 4.57. The molecule has 2 aromatic carbocycles. The minimum absolute atomic E-state index is 0.0139. The van der Waals surface area contributed by atoms with E-state index in [4.69, 9.17) is 9.72 Å². The van der Waals surface area contributed by atoms with Gasteiger partial charge in [0.1, 0.15) is 0 Å². The first-order chi connectivity index (χ1) is 15.3. The van der Waals surface area contributed by atoms with Crippen LogP contribution in [0.15, 0.2) is 66.9 Å². The minimum atomic E-state index is -0.0139. The summed E-state index contributed by atoms with van der Waals surface area (Å²) in [5.74, 6) is 0.598. The highest BCUT2D eigenvalue weighted by molar-refractivity contribution is 5.95. The molecular weight excluding hydrogens is 390 g/mol. The number of carbonyl (C=O) groups excluding carboxylic acids is 1. The van der Waals surface area contributed by atoms with E-state index >= 15 is 0 Å². The van der Waals surface area contributed by atoms with Gasteiger partial charge in [0, 0.05) is 36.5 Å². The van der Waals surface area contributed by atoms with E-state index < -0.39 is 0 Å². The van der Waals surface area contributed by atoms with E-state index in [1.807, 2.05) is 48.5 Å². The number of hydrazine groups is 1. The van der Waals surface area contributed by atoms with Crippen molar-refractivity contribution >= 4 is 17.5 Å². The number of hydrogen-bond acceptors (Lipinski definition) is 6. The molecule has 1 aliphatic heterocycles. The largest absolute Gasteiger partial charge is 0.379 e. The van der Waals surface area contributed by atoms with E-state index in [-0.39, 0.29) is 5.91 Å². The molecule has 1 amide bonds. The fourth-order valence-corrected chi connectivity index (χ4v) is 3.63. The van der Waals surface area contributed by atoms with E-state index in [0.29, 0.717) is 30.8 Å². The van der Waals surface area contributed by atoms with Gasteiger partial charge in [-0.3, -0.25) is 4.79 Å². The quantitative estimate of drug-likeness (QED) is 0.665. The number of morpholine rings is 1. The van der Waals surface area contributed by atoms with Crippen molar-refractivity contribution in [2.24, 2.45) is 0 Å². The van der Waals surface area contributed by atoms with Crippen LogP contribution in [-0.2, 0) is 4.74 Å². The number of rotatable bonds is 6. The summed E-state index contributed by atoms with van der Waals surface area (Å²) in [5, 5.41) is 7.29. The van der Waals surface area contributed by atoms with Gasteiger partial charge in [-0.2, -0.15) is 0 Å². The van der Waals surface area contributed by atoms with Gasteiger partial charge in [-0.1, -0.05) is 30.3 Å². The molecule has 1 saturated heterocycles. The van der Waals surface area contributed by atoms with Crippen LogP contribution in [-0.4, -0.2) is 53.2 Å². The first-order valence-corrected chi connectivity index (χ1v) is 10.7. The Morgan fingerprint density at radius 2 is 1.74 bits per heavy atom. The van der Waals surface area contributed by atoms with Crippen LogP contribution in [0, 0.1) is 0 Å². The molecule has 1 saturated carbocycles. The molecule has 31 heavy (non-hydrogen) atoms. The molecule has 1 aliphatic carbocycles. The van der Waals surface area contributed by atoms with Crippen LogP contribution in [0.4, 0.5) is 11.6 Å². The van der Waals surface area contributed by atoms with Crippen LogP contribution in [0.25, 0.3) is 11.3 Å². The normalized spacial score (nSPS) is 16.6. The highest BCUT2D eigenvalue weighted by Gasteiger charge is 2.24. The number of hydrogen-bond donors (Lipinski definition) is 1. The molecule has 2 heterocycles. The van der Waals surface area contributed by atoms with Crippen LogP contribution < -0.4 is 10.3 Å². The number of nitrogens with zero attached hydrogens (tertiary/aromatic N) is 4. The number of carbonyl (C=O) groups is 1. The van der Waals surface area contributed by atoms with Gasteiger partial charge < -0.3 is 10.1 Å². The van der Waals surface area contributed by atoms with Crippen molar-refractivity contribution < 1.29 is 9.53 Å². The lowest BCUT2D eigenvalue weighted by atomic mass is 10.1. The molecule has 0 bridgehead atoms. The first-order valence-electron chi connectivity index (χ1n) is 10.7. The Labute approximate surface area is 181 Å². The summed E-state index contributed by atoms with van der Waals surface area (Å²) in [6, 6.07) is 20.0. The number of benzene rings is 2. The summed E-state index contributed by atoms with van der Waals surface area (Å²) < 4.78 is 5.53. The molecule has 1 N–H and O–H groups in total. The van der Waals surface area contributed by atoms with Gasteiger partial charge in [0.15, 0.2) is 0 Å². The fourth-order valence-electron chi connectivity index (χ4n) is 3.63. The fraction of sp³-hybridized carbons (Fsp3) is 0.292. The molecule has 158 valence electrons. The van der Waals surface area contributed by atoms with E-state index in [0.717, 1.165) is 42.9 Å². The smallest absolute Gasteiger partial charge is 0.251 e. The molecule has 0 radical (unpaired) electrons. The summed E-state index contributed by atoms with van der Waals surface area (Å²) in [7, 11) is 0. The van der Waals surface area contributed by atoms with Gasteiger partial charge in [0.25, 0.3) is 5.91 Å². The molecule has 7 heteroatoms. The Morgan fingerprint density at radius 3 is 2.45 bits per heavy atom. The molecule has 5 rings (SSSR count). The highest BCUT2D eigenvalue weighted by atomic mass is 16.5. The molecule has 1 aromatic heterocycles. The Hall–Kier alpha value is -3.29. The highest BCUT2D eigenvalue weighted by Crippen LogP contribution is 2.27. The summed E-state index contributed by atoms with van der Waals surface area (Å²) in [4.78, 5) is 21.7. The SMILES string of the molecule is O=C(NC1CC1)c1ccc(-c2ccnc(N(c3ccccc3)N3CCOCC3)n2)cc1. The van der Waals surface area contributed by atoms with Crippen molar-refractivity contribution in [1.82, 2.24) is 20.3 Å². The molecular formula is C24H25N5O2. The predicted octanol–water partition coefficient (Wildman–Crippen LogP) is 3.42. The molecule has 7 nitrogen and oxygen atoms in total. The van der Waals surface area contributed by atoms with Crippen LogP contribution in [0.1, 0.15) is 23.2 Å². The second kappa shape index (κ2) is 8.83. The van der Waals surface area contributed by atoms with E-state index in [9.17, 15) is 4.79 Å². The van der Waals surface area contributed by atoms with Crippen molar-refractivity contribution in [3.05, 3.63) is 72.4 Å². The van der Waals surface area contributed by atoms with E-state index in [1.54, 1.807) is 6.20 Å². The van der Waals surface area contributed by atoms with Crippen LogP contribution in [0.5, 0.6) is 0 Å². The molecule has 2 aliphatic rings.